The highest BCUT2D eigenvalue weighted by atomic mass is 15.4. The van der Waals surface area contributed by atoms with Gasteiger partial charge in [-0.2, -0.15) is 5.26 Å². The van der Waals surface area contributed by atoms with E-state index < -0.39 is 0 Å². The minimum absolute atomic E-state index is 0.359. The predicted octanol–water partition coefficient (Wildman–Crippen LogP) is 3.48. The van der Waals surface area contributed by atoms with Crippen molar-refractivity contribution < 1.29 is 0 Å². The first-order chi connectivity index (χ1) is 10.7. The minimum Gasteiger partial charge on any atom is -0.239 e. The van der Waals surface area contributed by atoms with Crippen LogP contribution in [0.4, 0.5) is 0 Å². The van der Waals surface area contributed by atoms with Crippen molar-refractivity contribution in [2.75, 3.05) is 0 Å². The molecule has 0 saturated carbocycles. The summed E-state index contributed by atoms with van der Waals surface area (Å²) in [6.45, 7) is 4.69. The molecule has 3 aromatic rings. The van der Waals surface area contributed by atoms with E-state index in [0.29, 0.717) is 12.2 Å². The van der Waals surface area contributed by atoms with E-state index in [0.717, 1.165) is 22.4 Å². The van der Waals surface area contributed by atoms with Crippen LogP contribution in [0.1, 0.15) is 22.4 Å². The van der Waals surface area contributed by atoms with Crippen molar-refractivity contribution in [3.63, 3.8) is 0 Å². The fourth-order valence-electron chi connectivity index (χ4n) is 2.44. The molecule has 0 unspecified atom stereocenters. The van der Waals surface area contributed by atoms with Crippen LogP contribution in [0.5, 0.6) is 0 Å². The highest BCUT2D eigenvalue weighted by Gasteiger charge is 2.15. The molecule has 0 spiro atoms. The molecule has 108 valence electrons. The molecule has 0 saturated heterocycles. The molecule has 4 nitrogen and oxygen atoms in total. The highest BCUT2D eigenvalue weighted by Crippen LogP contribution is 2.23. The van der Waals surface area contributed by atoms with Crippen molar-refractivity contribution in [1.29, 1.82) is 5.26 Å². The molecule has 22 heavy (non-hydrogen) atoms. The van der Waals surface area contributed by atoms with E-state index in [1.807, 2.05) is 31.2 Å². The zero-order valence-corrected chi connectivity index (χ0v) is 12.6. The Labute approximate surface area is 129 Å². The van der Waals surface area contributed by atoms with Gasteiger partial charge in [-0.15, -0.1) is 5.10 Å². The van der Waals surface area contributed by atoms with E-state index in [4.69, 9.17) is 0 Å². The van der Waals surface area contributed by atoms with Gasteiger partial charge in [0.05, 0.1) is 6.54 Å². The summed E-state index contributed by atoms with van der Waals surface area (Å²) in [6.07, 6.45) is 0. The first-order valence-electron chi connectivity index (χ1n) is 7.13. The standard InChI is InChI=1S/C18H16N4/c1-13-6-8-15(9-7-13)12-22-18(17(11-19)20-21-22)16-5-3-4-14(2)10-16/h3-10H,12H2,1-2H3. The zero-order chi connectivity index (χ0) is 15.5. The SMILES string of the molecule is Cc1ccc(Cn2nnc(C#N)c2-c2cccc(C)c2)cc1. The van der Waals surface area contributed by atoms with Crippen molar-refractivity contribution in [1.82, 2.24) is 15.0 Å². The summed E-state index contributed by atoms with van der Waals surface area (Å²) in [5, 5.41) is 17.5. The summed E-state index contributed by atoms with van der Waals surface area (Å²) in [5.41, 5.74) is 5.59. The largest absolute Gasteiger partial charge is 0.239 e. The van der Waals surface area contributed by atoms with Gasteiger partial charge in [0.25, 0.3) is 0 Å². The molecule has 1 aromatic heterocycles. The van der Waals surface area contributed by atoms with Gasteiger partial charge in [-0.1, -0.05) is 58.8 Å². The lowest BCUT2D eigenvalue weighted by Crippen LogP contribution is -2.04. The zero-order valence-electron chi connectivity index (χ0n) is 12.6. The molecule has 0 fully saturated rings. The number of hydrogen-bond acceptors (Lipinski definition) is 3. The lowest BCUT2D eigenvalue weighted by atomic mass is 10.1. The maximum atomic E-state index is 9.30. The van der Waals surface area contributed by atoms with Gasteiger partial charge in [0, 0.05) is 5.56 Å². The average molecular weight is 288 g/mol. The monoisotopic (exact) mass is 288 g/mol. The molecule has 0 atom stereocenters. The molecule has 1 heterocycles. The van der Waals surface area contributed by atoms with E-state index in [2.05, 4.69) is 47.6 Å². The van der Waals surface area contributed by atoms with Gasteiger partial charge in [-0.05, 0) is 25.5 Å². The van der Waals surface area contributed by atoms with Crippen molar-refractivity contribution >= 4 is 0 Å². The quantitative estimate of drug-likeness (QED) is 0.741. The Hall–Kier alpha value is -2.93. The van der Waals surface area contributed by atoms with Crippen LogP contribution in [0, 0.1) is 25.2 Å². The van der Waals surface area contributed by atoms with Gasteiger partial charge >= 0.3 is 0 Å². The number of nitriles is 1. The van der Waals surface area contributed by atoms with Crippen molar-refractivity contribution in [3.05, 3.63) is 70.9 Å². The summed E-state index contributed by atoms with van der Waals surface area (Å²) in [4.78, 5) is 0. The average Bonchev–Trinajstić information content (AvgIpc) is 2.92. The second-order valence-electron chi connectivity index (χ2n) is 5.41. The summed E-state index contributed by atoms with van der Waals surface area (Å²) < 4.78 is 1.79. The van der Waals surface area contributed by atoms with Gasteiger partial charge in [-0.3, -0.25) is 0 Å². The fourth-order valence-corrected chi connectivity index (χ4v) is 2.44. The number of aryl methyl sites for hydroxylation is 2. The van der Waals surface area contributed by atoms with E-state index in [-0.39, 0.29) is 0 Å². The lowest BCUT2D eigenvalue weighted by molar-refractivity contribution is 0.655. The van der Waals surface area contributed by atoms with Gasteiger partial charge < -0.3 is 0 Å². The lowest BCUT2D eigenvalue weighted by Gasteiger charge is -2.08. The molecule has 3 rings (SSSR count). The van der Waals surface area contributed by atoms with Crippen molar-refractivity contribution in [3.8, 4) is 17.3 Å². The fraction of sp³-hybridized carbons (Fsp3) is 0.167. The molecule has 0 radical (unpaired) electrons. The first kappa shape index (κ1) is 14.0. The van der Waals surface area contributed by atoms with Crippen LogP contribution in [0.2, 0.25) is 0 Å². The van der Waals surface area contributed by atoms with Crippen LogP contribution in [0.3, 0.4) is 0 Å². The highest BCUT2D eigenvalue weighted by molar-refractivity contribution is 5.65. The molecule has 0 N–H and O–H groups in total. The van der Waals surface area contributed by atoms with Crippen LogP contribution in [-0.4, -0.2) is 15.0 Å². The summed E-state index contributed by atoms with van der Waals surface area (Å²) in [7, 11) is 0. The third-order valence-electron chi connectivity index (χ3n) is 3.59. The van der Waals surface area contributed by atoms with Crippen LogP contribution in [0.15, 0.2) is 48.5 Å². The molecular formula is C18H16N4. The van der Waals surface area contributed by atoms with Crippen molar-refractivity contribution in [2.45, 2.75) is 20.4 Å². The molecule has 0 bridgehead atoms. The van der Waals surface area contributed by atoms with E-state index in [1.165, 1.54) is 5.56 Å². The van der Waals surface area contributed by atoms with Crippen LogP contribution < -0.4 is 0 Å². The van der Waals surface area contributed by atoms with Crippen molar-refractivity contribution in [2.24, 2.45) is 0 Å². The predicted molar refractivity (Wildman–Crippen MR) is 85.2 cm³/mol. The van der Waals surface area contributed by atoms with Crippen LogP contribution in [0.25, 0.3) is 11.3 Å². The van der Waals surface area contributed by atoms with Gasteiger partial charge in [0.1, 0.15) is 11.8 Å². The molecule has 0 aliphatic heterocycles. The topological polar surface area (TPSA) is 54.5 Å². The normalized spacial score (nSPS) is 10.4. The van der Waals surface area contributed by atoms with Gasteiger partial charge in [-0.25, -0.2) is 4.68 Å². The second-order valence-corrected chi connectivity index (χ2v) is 5.41. The maximum Gasteiger partial charge on any atom is 0.190 e. The number of aromatic nitrogens is 3. The third kappa shape index (κ3) is 2.75. The van der Waals surface area contributed by atoms with E-state index in [1.54, 1.807) is 4.68 Å². The summed E-state index contributed by atoms with van der Waals surface area (Å²) in [5.74, 6) is 0. The Bertz CT molecular complexity index is 838. The first-order valence-corrected chi connectivity index (χ1v) is 7.13. The van der Waals surface area contributed by atoms with E-state index in [9.17, 15) is 5.26 Å². The molecule has 0 amide bonds. The smallest absolute Gasteiger partial charge is 0.190 e. The maximum absolute atomic E-state index is 9.30. The summed E-state index contributed by atoms with van der Waals surface area (Å²) in [6, 6.07) is 18.5. The number of nitrogens with zero attached hydrogens (tertiary/aromatic N) is 4. The Morgan fingerprint density at radius 3 is 2.50 bits per heavy atom. The minimum atomic E-state index is 0.359. The number of benzene rings is 2. The molecule has 4 heteroatoms. The number of rotatable bonds is 3. The Morgan fingerprint density at radius 2 is 1.82 bits per heavy atom. The molecular weight excluding hydrogens is 272 g/mol. The Kier molecular flexibility index (Phi) is 3.71. The molecule has 2 aromatic carbocycles. The van der Waals surface area contributed by atoms with Crippen LogP contribution in [-0.2, 0) is 6.54 Å². The number of hydrogen-bond donors (Lipinski definition) is 0. The second kappa shape index (κ2) is 5.82. The Morgan fingerprint density at radius 1 is 1.05 bits per heavy atom. The Balaban J connectivity index is 2.04. The summed E-state index contributed by atoms with van der Waals surface area (Å²) >= 11 is 0. The molecule has 0 aliphatic rings. The van der Waals surface area contributed by atoms with Gasteiger partial charge in [0.2, 0.25) is 0 Å². The van der Waals surface area contributed by atoms with Crippen LogP contribution >= 0.6 is 0 Å². The van der Waals surface area contributed by atoms with E-state index >= 15 is 0 Å². The molecule has 0 aliphatic carbocycles. The third-order valence-corrected chi connectivity index (χ3v) is 3.59. The van der Waals surface area contributed by atoms with Gasteiger partial charge in [0.15, 0.2) is 5.69 Å².